The van der Waals surface area contributed by atoms with Crippen LogP contribution in [0.15, 0.2) is 28.7 Å². The Balaban J connectivity index is 2.73. The Kier molecular flexibility index (Phi) is 4.78. The highest BCUT2D eigenvalue weighted by molar-refractivity contribution is 9.10. The summed E-state index contributed by atoms with van der Waals surface area (Å²) in [5.41, 5.74) is 6.16. The molecular formula is C11H15BrN2O. The molecule has 0 radical (unpaired) electrons. The SMILES string of the molecule is CCC(CN)NC(=O)c1ccccc1Br. The largest absolute Gasteiger partial charge is 0.348 e. The van der Waals surface area contributed by atoms with Gasteiger partial charge in [-0.05, 0) is 34.5 Å². The van der Waals surface area contributed by atoms with E-state index in [4.69, 9.17) is 5.73 Å². The zero-order chi connectivity index (χ0) is 11.3. The third-order valence-electron chi connectivity index (χ3n) is 2.23. The van der Waals surface area contributed by atoms with Crippen LogP contribution in [0.3, 0.4) is 0 Å². The van der Waals surface area contributed by atoms with Crippen LogP contribution < -0.4 is 11.1 Å². The Morgan fingerprint density at radius 1 is 1.53 bits per heavy atom. The molecule has 1 amide bonds. The Morgan fingerprint density at radius 2 is 2.20 bits per heavy atom. The summed E-state index contributed by atoms with van der Waals surface area (Å²) in [6.07, 6.45) is 0.840. The quantitative estimate of drug-likeness (QED) is 0.879. The molecule has 0 aliphatic rings. The van der Waals surface area contributed by atoms with Gasteiger partial charge in [-0.1, -0.05) is 19.1 Å². The molecule has 0 heterocycles. The fourth-order valence-corrected chi connectivity index (χ4v) is 1.70. The molecule has 1 aromatic rings. The first-order valence-electron chi connectivity index (χ1n) is 4.94. The lowest BCUT2D eigenvalue weighted by Gasteiger charge is -2.14. The first-order valence-corrected chi connectivity index (χ1v) is 5.73. The van der Waals surface area contributed by atoms with Crippen LogP contribution in [0, 0.1) is 0 Å². The number of carbonyl (C=O) groups excluding carboxylic acids is 1. The summed E-state index contributed by atoms with van der Waals surface area (Å²) in [6.45, 7) is 2.46. The van der Waals surface area contributed by atoms with Crippen molar-refractivity contribution in [2.75, 3.05) is 6.54 Å². The maximum absolute atomic E-state index is 11.8. The van der Waals surface area contributed by atoms with Gasteiger partial charge in [-0.25, -0.2) is 0 Å². The van der Waals surface area contributed by atoms with Crippen molar-refractivity contribution in [2.24, 2.45) is 5.73 Å². The maximum Gasteiger partial charge on any atom is 0.252 e. The molecule has 4 heteroatoms. The van der Waals surface area contributed by atoms with Crippen molar-refractivity contribution in [3.63, 3.8) is 0 Å². The first kappa shape index (κ1) is 12.2. The molecule has 1 unspecified atom stereocenters. The number of rotatable bonds is 4. The number of hydrogen-bond donors (Lipinski definition) is 2. The van der Waals surface area contributed by atoms with E-state index in [-0.39, 0.29) is 11.9 Å². The van der Waals surface area contributed by atoms with Crippen LogP contribution in [0.1, 0.15) is 23.7 Å². The van der Waals surface area contributed by atoms with E-state index in [2.05, 4.69) is 21.2 Å². The van der Waals surface area contributed by atoms with Crippen LogP contribution in [0.25, 0.3) is 0 Å². The van der Waals surface area contributed by atoms with Crippen LogP contribution in [0.4, 0.5) is 0 Å². The topological polar surface area (TPSA) is 55.1 Å². The molecule has 0 aromatic heterocycles. The average Bonchev–Trinajstić information content (AvgIpc) is 2.26. The number of benzene rings is 1. The minimum atomic E-state index is -0.0835. The summed E-state index contributed by atoms with van der Waals surface area (Å²) in [5, 5.41) is 2.88. The van der Waals surface area contributed by atoms with Gasteiger partial charge in [-0.15, -0.1) is 0 Å². The summed E-state index contributed by atoms with van der Waals surface area (Å²) < 4.78 is 0.800. The van der Waals surface area contributed by atoms with E-state index in [1.807, 2.05) is 25.1 Å². The molecule has 1 rings (SSSR count). The molecule has 0 aliphatic heterocycles. The molecular weight excluding hydrogens is 256 g/mol. The fourth-order valence-electron chi connectivity index (χ4n) is 1.24. The highest BCUT2D eigenvalue weighted by Gasteiger charge is 2.12. The molecule has 1 atom stereocenters. The molecule has 0 fully saturated rings. The number of amides is 1. The normalized spacial score (nSPS) is 12.2. The summed E-state index contributed by atoms with van der Waals surface area (Å²) in [6, 6.07) is 7.38. The van der Waals surface area contributed by atoms with Gasteiger partial charge >= 0.3 is 0 Å². The minimum absolute atomic E-state index is 0.0459. The summed E-state index contributed by atoms with van der Waals surface area (Å²) in [4.78, 5) is 11.8. The van der Waals surface area contributed by atoms with Crippen molar-refractivity contribution < 1.29 is 4.79 Å². The van der Waals surface area contributed by atoms with Gasteiger partial charge in [0, 0.05) is 17.1 Å². The molecule has 3 nitrogen and oxygen atoms in total. The number of nitrogens with one attached hydrogen (secondary N) is 1. The zero-order valence-electron chi connectivity index (χ0n) is 8.66. The van der Waals surface area contributed by atoms with Crippen molar-refractivity contribution in [1.29, 1.82) is 0 Å². The molecule has 0 saturated carbocycles. The van der Waals surface area contributed by atoms with Gasteiger partial charge in [0.05, 0.1) is 5.56 Å². The minimum Gasteiger partial charge on any atom is -0.348 e. The molecule has 82 valence electrons. The monoisotopic (exact) mass is 270 g/mol. The lowest BCUT2D eigenvalue weighted by atomic mass is 10.1. The summed E-state index contributed by atoms with van der Waals surface area (Å²) in [5.74, 6) is -0.0835. The molecule has 0 aliphatic carbocycles. The van der Waals surface area contributed by atoms with Crippen molar-refractivity contribution in [2.45, 2.75) is 19.4 Å². The molecule has 0 spiro atoms. The predicted octanol–water partition coefficient (Wildman–Crippen LogP) is 1.92. The first-order chi connectivity index (χ1) is 7.19. The lowest BCUT2D eigenvalue weighted by molar-refractivity contribution is 0.0936. The van der Waals surface area contributed by atoms with Crippen LogP contribution in [-0.2, 0) is 0 Å². The van der Waals surface area contributed by atoms with Gasteiger partial charge < -0.3 is 11.1 Å². The standard InChI is InChI=1S/C11H15BrN2O/c1-2-8(7-13)14-11(15)9-5-3-4-6-10(9)12/h3-6,8H,2,7,13H2,1H3,(H,14,15). The van der Waals surface area contributed by atoms with Crippen molar-refractivity contribution in [3.05, 3.63) is 34.3 Å². The molecule has 15 heavy (non-hydrogen) atoms. The predicted molar refractivity (Wildman–Crippen MR) is 64.7 cm³/mol. The van der Waals surface area contributed by atoms with E-state index in [9.17, 15) is 4.79 Å². The highest BCUT2D eigenvalue weighted by Crippen LogP contribution is 2.15. The van der Waals surface area contributed by atoms with E-state index in [1.54, 1.807) is 6.07 Å². The van der Waals surface area contributed by atoms with Crippen LogP contribution >= 0.6 is 15.9 Å². The van der Waals surface area contributed by atoms with E-state index in [0.29, 0.717) is 12.1 Å². The van der Waals surface area contributed by atoms with Crippen LogP contribution in [-0.4, -0.2) is 18.5 Å². The number of nitrogens with two attached hydrogens (primary N) is 1. The van der Waals surface area contributed by atoms with Gasteiger partial charge in [0.2, 0.25) is 0 Å². The van der Waals surface area contributed by atoms with Gasteiger partial charge in [-0.2, -0.15) is 0 Å². The number of halogens is 1. The summed E-state index contributed by atoms with van der Waals surface area (Å²) >= 11 is 3.34. The fraction of sp³-hybridized carbons (Fsp3) is 0.364. The van der Waals surface area contributed by atoms with Gasteiger partial charge in [0.25, 0.3) is 5.91 Å². The maximum atomic E-state index is 11.8. The smallest absolute Gasteiger partial charge is 0.252 e. The summed E-state index contributed by atoms with van der Waals surface area (Å²) in [7, 11) is 0. The average molecular weight is 271 g/mol. The molecule has 0 saturated heterocycles. The van der Waals surface area contributed by atoms with Crippen LogP contribution in [0.2, 0.25) is 0 Å². The van der Waals surface area contributed by atoms with Crippen LogP contribution in [0.5, 0.6) is 0 Å². The zero-order valence-corrected chi connectivity index (χ0v) is 10.3. The van der Waals surface area contributed by atoms with Crippen molar-refractivity contribution in [3.8, 4) is 0 Å². The second-order valence-electron chi connectivity index (χ2n) is 3.29. The second-order valence-corrected chi connectivity index (χ2v) is 4.15. The third kappa shape index (κ3) is 3.32. The van der Waals surface area contributed by atoms with E-state index in [1.165, 1.54) is 0 Å². The van der Waals surface area contributed by atoms with Gasteiger partial charge in [-0.3, -0.25) is 4.79 Å². The Bertz CT molecular complexity index is 337. The van der Waals surface area contributed by atoms with E-state index < -0.39 is 0 Å². The third-order valence-corrected chi connectivity index (χ3v) is 2.92. The molecule has 3 N–H and O–H groups in total. The van der Waals surface area contributed by atoms with E-state index >= 15 is 0 Å². The molecule has 1 aromatic carbocycles. The Morgan fingerprint density at radius 3 is 2.73 bits per heavy atom. The van der Waals surface area contributed by atoms with Gasteiger partial charge in [0.15, 0.2) is 0 Å². The second kappa shape index (κ2) is 5.88. The Labute approximate surface area is 98.2 Å². The number of carbonyl (C=O) groups is 1. The van der Waals surface area contributed by atoms with Gasteiger partial charge in [0.1, 0.15) is 0 Å². The molecule has 0 bridgehead atoms. The lowest BCUT2D eigenvalue weighted by Crippen LogP contribution is -2.39. The Hall–Kier alpha value is -0.870. The number of hydrogen-bond acceptors (Lipinski definition) is 2. The van der Waals surface area contributed by atoms with E-state index in [0.717, 1.165) is 10.9 Å². The van der Waals surface area contributed by atoms with Crippen molar-refractivity contribution >= 4 is 21.8 Å². The van der Waals surface area contributed by atoms with Crippen molar-refractivity contribution in [1.82, 2.24) is 5.32 Å². The highest BCUT2D eigenvalue weighted by atomic mass is 79.9.